The van der Waals surface area contributed by atoms with Gasteiger partial charge in [0.15, 0.2) is 8.07 Å². The predicted molar refractivity (Wildman–Crippen MR) is 381 cm³/mol. The summed E-state index contributed by atoms with van der Waals surface area (Å²) in [5.74, 6) is 1.39. The fraction of sp³-hybridized carbons (Fsp3) is 0.153. The molecule has 0 fully saturated rings. The summed E-state index contributed by atoms with van der Waals surface area (Å²) in [6.07, 6.45) is 5.53. The Morgan fingerprint density at radius 2 is 0.946 bits per heavy atom. The van der Waals surface area contributed by atoms with Crippen LogP contribution in [0.5, 0.6) is 11.5 Å². The number of rotatable bonds is 12. The Balaban J connectivity index is 0.00000818. The first-order chi connectivity index (χ1) is 45.1. The monoisotopic (exact) mass is 1390 g/mol. The van der Waals surface area contributed by atoms with Gasteiger partial charge in [0, 0.05) is 54.0 Å². The van der Waals surface area contributed by atoms with Gasteiger partial charge in [-0.1, -0.05) is 286 Å². The number of pyridine rings is 1. The zero-order chi connectivity index (χ0) is 65.3. The van der Waals surface area contributed by atoms with E-state index in [1.807, 2.05) is 81.9 Å². The van der Waals surface area contributed by atoms with Gasteiger partial charge in [-0.15, -0.1) is 29.7 Å². The Kier molecular flexibility index (Phi) is 15.2. The minimum atomic E-state index is -3.26. The van der Waals surface area contributed by atoms with E-state index >= 15 is 0 Å². The van der Waals surface area contributed by atoms with E-state index in [2.05, 4.69) is 267 Å². The van der Waals surface area contributed by atoms with Crippen LogP contribution in [0.1, 0.15) is 88.7 Å². The van der Waals surface area contributed by atoms with Crippen LogP contribution in [0.25, 0.3) is 83.4 Å². The Hall–Kier alpha value is -9.45. The molecule has 92 heavy (non-hydrogen) atoms. The summed E-state index contributed by atoms with van der Waals surface area (Å²) in [6, 6.07) is 99.2. The minimum absolute atomic E-state index is 0. The van der Waals surface area contributed by atoms with Gasteiger partial charge in [0.05, 0.1) is 16.7 Å². The van der Waals surface area contributed by atoms with Crippen LogP contribution in [-0.2, 0) is 37.3 Å². The summed E-state index contributed by atoms with van der Waals surface area (Å²) in [4.78, 5) is 5.26. The zero-order valence-electron chi connectivity index (χ0n) is 56.4. The molecule has 11 aromatic carbocycles. The van der Waals surface area contributed by atoms with E-state index in [1.54, 1.807) is 12.3 Å². The number of aromatic nitrogens is 4. The number of imidazole rings is 1. The molecule has 0 aliphatic rings. The number of benzene rings is 11. The standard InChI is InChI=1S/C85H74N4OSi.Pt/c1-58-49-81(86-56-76(58)61-31-21-37-68(50-61)91(69-38-22-32-62(51-69)83(2,3)4,70-39-23-33-63(52-70)84(5,6)7)71-40-24-34-64(53-71)85(8,9)10)89-77-44-18-17-41-74(77)75-48-47-67(55-80(75)89)90-66-36-25-35-65(54-66)87-57-88(79-46-20-19-45-78(79)87)82-72(59-27-13-11-14-28-59)42-26-43-73(82)60-29-15-12-16-30-60;/h11-53,56H,1-10H3;/q-2;/i1D3;. The molecule has 0 amide bonds. The normalized spacial score (nSPS) is 12.8. The van der Waals surface area contributed by atoms with E-state index in [1.165, 1.54) is 32.3 Å². The molecule has 0 saturated carbocycles. The van der Waals surface area contributed by atoms with Gasteiger partial charge < -0.3 is 13.9 Å². The van der Waals surface area contributed by atoms with Crippen LogP contribution in [-0.4, -0.2) is 22.2 Å². The van der Waals surface area contributed by atoms with E-state index < -0.39 is 14.9 Å². The topological polar surface area (TPSA) is 35.9 Å². The first kappa shape index (κ1) is 57.7. The third-order valence-electron chi connectivity index (χ3n) is 18.0. The quantitative estimate of drug-likeness (QED) is 0.0529. The van der Waals surface area contributed by atoms with Crippen molar-refractivity contribution in [3.05, 3.63) is 308 Å². The molecule has 0 radical (unpaired) electrons. The van der Waals surface area contributed by atoms with Crippen molar-refractivity contribution in [3.63, 3.8) is 0 Å². The second-order valence-corrected chi connectivity index (χ2v) is 30.9. The van der Waals surface area contributed by atoms with E-state index in [0.717, 1.165) is 71.7 Å². The van der Waals surface area contributed by atoms with Crippen LogP contribution < -0.4 is 30.1 Å². The van der Waals surface area contributed by atoms with Gasteiger partial charge in [0.2, 0.25) is 0 Å². The van der Waals surface area contributed by atoms with Crippen molar-refractivity contribution in [1.82, 2.24) is 14.1 Å². The van der Waals surface area contributed by atoms with Crippen LogP contribution in [0.15, 0.2) is 267 Å². The molecule has 14 aromatic rings. The predicted octanol–water partition coefficient (Wildman–Crippen LogP) is 18.2. The largest absolute Gasteiger partial charge is 0.510 e. The number of hydrogen-bond acceptors (Lipinski definition) is 2. The second-order valence-electron chi connectivity index (χ2n) is 27.0. The summed E-state index contributed by atoms with van der Waals surface area (Å²) in [5, 5.41) is 6.81. The molecular formula is C85H74N4OPtSi-2. The van der Waals surface area contributed by atoms with Crippen LogP contribution in [0.2, 0.25) is 0 Å². The van der Waals surface area contributed by atoms with E-state index in [0.29, 0.717) is 28.4 Å². The SMILES string of the molecule is [2H]C([2H])([2H])c1cc(-n2c3[c-]c(Oc4[c-]c(-n5[c-][n+](-c6c(-c7ccccc7)cccc6-c6ccccc6)c6ccccc65)ccc4)ccc3c3ccccc32)ncc1-c1cccc([Si](c2cccc(C(C)(C)C)c2)(c2cccc(C(C)(C)C)c2)c2cccc(C(C)(C)C)c2)c1.[Pt]. The molecule has 456 valence electrons. The summed E-state index contributed by atoms with van der Waals surface area (Å²) in [7, 11) is -3.26. The molecule has 7 heteroatoms. The molecule has 3 heterocycles. The number of fused-ring (bicyclic) bond motifs is 4. The molecule has 0 aliphatic carbocycles. The van der Waals surface area contributed by atoms with Crippen molar-refractivity contribution in [1.29, 1.82) is 0 Å². The van der Waals surface area contributed by atoms with E-state index in [-0.39, 0.29) is 42.9 Å². The Morgan fingerprint density at radius 1 is 0.446 bits per heavy atom. The molecule has 0 atom stereocenters. The van der Waals surface area contributed by atoms with Gasteiger partial charge in [0.25, 0.3) is 6.33 Å². The third kappa shape index (κ3) is 11.3. The molecule has 14 rings (SSSR count). The Labute approximate surface area is 561 Å². The molecule has 0 aliphatic heterocycles. The Morgan fingerprint density at radius 3 is 1.53 bits per heavy atom. The molecule has 0 saturated heterocycles. The Bertz CT molecular complexity index is 4990. The van der Waals surface area contributed by atoms with Crippen molar-refractivity contribution in [3.8, 4) is 62.1 Å². The maximum Gasteiger partial charge on any atom is 0.268 e. The second kappa shape index (κ2) is 24.3. The molecule has 3 aromatic heterocycles. The smallest absolute Gasteiger partial charge is 0.268 e. The fourth-order valence-electron chi connectivity index (χ4n) is 13.2. The van der Waals surface area contributed by atoms with E-state index in [9.17, 15) is 4.11 Å². The van der Waals surface area contributed by atoms with E-state index in [4.69, 9.17) is 9.72 Å². The summed E-state index contributed by atoms with van der Waals surface area (Å²) >= 11 is 0. The fourth-order valence-corrected chi connectivity index (χ4v) is 18.1. The summed E-state index contributed by atoms with van der Waals surface area (Å²) in [5.41, 5.74) is 14.5. The van der Waals surface area contributed by atoms with Crippen molar-refractivity contribution in [2.75, 3.05) is 0 Å². The number of hydrogen-bond donors (Lipinski definition) is 0. The van der Waals surface area contributed by atoms with Crippen molar-refractivity contribution in [2.45, 2.75) is 85.4 Å². The number of aryl methyl sites for hydroxylation is 1. The summed E-state index contributed by atoms with van der Waals surface area (Å²) < 4.78 is 41.0. The van der Waals surface area contributed by atoms with Gasteiger partial charge in [0.1, 0.15) is 5.82 Å². The van der Waals surface area contributed by atoms with Gasteiger partial charge in [-0.3, -0.25) is 4.57 Å². The summed E-state index contributed by atoms with van der Waals surface area (Å²) in [6.45, 7) is 18.0. The van der Waals surface area contributed by atoms with Crippen molar-refractivity contribution >= 4 is 61.7 Å². The maximum atomic E-state index is 9.32. The van der Waals surface area contributed by atoms with Gasteiger partial charge >= 0.3 is 0 Å². The zero-order valence-corrected chi connectivity index (χ0v) is 56.7. The van der Waals surface area contributed by atoms with Gasteiger partial charge in [-0.25, -0.2) is 4.98 Å². The molecule has 0 bridgehead atoms. The molecule has 0 unspecified atom stereocenters. The average Bonchev–Trinajstić information content (AvgIpc) is 0.994. The first-order valence-electron chi connectivity index (χ1n) is 32.9. The van der Waals surface area contributed by atoms with Crippen LogP contribution >= 0.6 is 0 Å². The maximum absolute atomic E-state index is 9.32. The van der Waals surface area contributed by atoms with Crippen LogP contribution in [0.4, 0.5) is 0 Å². The third-order valence-corrected chi connectivity index (χ3v) is 22.7. The average molecular weight is 1390 g/mol. The van der Waals surface area contributed by atoms with Gasteiger partial charge in [-0.05, 0) is 117 Å². The molecular weight excluding hydrogens is 1320 g/mol. The van der Waals surface area contributed by atoms with Crippen molar-refractivity contribution in [2.24, 2.45) is 0 Å². The van der Waals surface area contributed by atoms with Gasteiger partial charge in [-0.2, -0.15) is 18.2 Å². The number of ether oxygens (including phenoxy) is 1. The number of nitrogens with zero attached hydrogens (tertiary/aromatic N) is 4. The molecule has 0 N–H and O–H groups in total. The number of para-hydroxylation sites is 4. The van der Waals surface area contributed by atoms with Crippen molar-refractivity contribution < 1.29 is 34.5 Å². The van der Waals surface area contributed by atoms with Crippen LogP contribution in [0, 0.1) is 25.3 Å². The molecule has 5 nitrogen and oxygen atoms in total. The van der Waals surface area contributed by atoms with Crippen LogP contribution in [0.3, 0.4) is 0 Å². The molecule has 0 spiro atoms. The minimum Gasteiger partial charge on any atom is -0.510 e. The first-order valence-corrected chi connectivity index (χ1v) is 33.4.